The number of aromatic nitrogens is 2. The zero-order chi connectivity index (χ0) is 20.5. The van der Waals surface area contributed by atoms with Crippen molar-refractivity contribution in [2.24, 2.45) is 20.0 Å². The quantitative estimate of drug-likeness (QED) is 0.825. The van der Waals surface area contributed by atoms with Crippen LogP contribution in [-0.4, -0.2) is 57.8 Å². The van der Waals surface area contributed by atoms with E-state index in [1.807, 2.05) is 18.2 Å². The second-order valence-electron chi connectivity index (χ2n) is 6.79. The third kappa shape index (κ3) is 3.37. The Hall–Kier alpha value is -4.14. The number of hydrogen-bond donors (Lipinski definition) is 1. The topological polar surface area (TPSA) is 121 Å². The smallest absolute Gasteiger partial charge is 0.354 e. The van der Waals surface area contributed by atoms with Crippen molar-refractivity contribution in [3.8, 4) is 0 Å². The third-order valence-corrected chi connectivity index (χ3v) is 4.78. The number of carbonyl (C=O) groups is 2. The Morgan fingerprint density at radius 3 is 2.77 bits per heavy atom. The largest absolute Gasteiger partial charge is 0.368 e. The lowest BCUT2D eigenvalue weighted by molar-refractivity contribution is -0.113. The molecule has 1 N–H and O–H groups in total. The van der Waals surface area contributed by atoms with Crippen molar-refractivity contribution >= 4 is 41.2 Å². The second-order valence-corrected chi connectivity index (χ2v) is 6.79. The molecule has 3 heterocycles. The van der Waals surface area contributed by atoms with Crippen LogP contribution in [0.4, 0.5) is 10.7 Å². The van der Waals surface area contributed by atoms with Gasteiger partial charge in [-0.2, -0.15) is 9.98 Å². The van der Waals surface area contributed by atoms with Gasteiger partial charge in [-0.05, 0) is 24.1 Å². The first-order valence-electron chi connectivity index (χ1n) is 9.38. The average Bonchev–Trinajstić information content (AvgIpc) is 3.15. The molecular weight excluding hydrogens is 382 g/mol. The van der Waals surface area contributed by atoms with Gasteiger partial charge in [0.25, 0.3) is 0 Å². The van der Waals surface area contributed by atoms with Crippen molar-refractivity contribution < 1.29 is 9.59 Å². The highest BCUT2D eigenvalue weighted by Crippen LogP contribution is 2.22. The fraction of sp³-hybridized carbons (Fsp3) is 0.143. The highest BCUT2D eigenvalue weighted by Gasteiger charge is 2.38. The first kappa shape index (κ1) is 17.9. The van der Waals surface area contributed by atoms with Gasteiger partial charge in [-0.15, -0.1) is 0 Å². The van der Waals surface area contributed by atoms with Gasteiger partial charge in [0, 0.05) is 24.5 Å². The van der Waals surface area contributed by atoms with Gasteiger partial charge in [-0.25, -0.2) is 24.7 Å². The van der Waals surface area contributed by atoms with Crippen LogP contribution in [0.2, 0.25) is 0 Å². The molecule has 2 aliphatic heterocycles. The molecule has 5 rings (SSSR count). The van der Waals surface area contributed by atoms with Crippen molar-refractivity contribution in [2.45, 2.75) is 12.5 Å². The Bertz CT molecular complexity index is 1210. The first-order valence-corrected chi connectivity index (χ1v) is 9.38. The van der Waals surface area contributed by atoms with E-state index in [0.29, 0.717) is 29.6 Å². The third-order valence-electron chi connectivity index (χ3n) is 4.78. The molecule has 0 radical (unpaired) electrons. The number of carbonyl (C=O) groups excluding carboxylic acids is 2. The van der Waals surface area contributed by atoms with Gasteiger partial charge >= 0.3 is 6.03 Å². The summed E-state index contributed by atoms with van der Waals surface area (Å²) in [7, 11) is 0. The number of urea groups is 1. The molecule has 0 unspecified atom stereocenters. The molecule has 3 aliphatic rings. The number of amides is 2. The predicted octanol–water partition coefficient (Wildman–Crippen LogP) is 1.86. The van der Waals surface area contributed by atoms with E-state index in [9.17, 15) is 9.59 Å². The van der Waals surface area contributed by atoms with Gasteiger partial charge in [0.05, 0.1) is 5.71 Å². The standard InChI is InChI=1S/C21H15N7O2/c29-18-16-13(10-15-17(18)28-21(30)26-15)11-24-19(27-16)14-7-9-23-20(25-14)22-8-6-12-4-2-1-3-5-12/h1-5,7,9-11,16H,6,8H2,(H,22,23,25)/t16-/m0/s1. The van der Waals surface area contributed by atoms with Crippen LogP contribution in [0.15, 0.2) is 74.2 Å². The maximum atomic E-state index is 12.7. The van der Waals surface area contributed by atoms with Crippen LogP contribution >= 0.6 is 0 Å². The van der Waals surface area contributed by atoms with E-state index < -0.39 is 12.1 Å². The minimum Gasteiger partial charge on any atom is -0.354 e. The fourth-order valence-electron chi connectivity index (χ4n) is 3.33. The number of ketones is 1. The molecule has 9 nitrogen and oxygen atoms in total. The zero-order valence-electron chi connectivity index (χ0n) is 15.7. The fourth-order valence-corrected chi connectivity index (χ4v) is 3.33. The van der Waals surface area contributed by atoms with Gasteiger partial charge in [0.2, 0.25) is 11.7 Å². The minimum absolute atomic E-state index is 0.0538. The molecule has 2 amide bonds. The molecule has 9 heteroatoms. The Morgan fingerprint density at radius 2 is 1.90 bits per heavy atom. The molecule has 1 aliphatic carbocycles. The van der Waals surface area contributed by atoms with Gasteiger partial charge < -0.3 is 5.32 Å². The number of fused-ring (bicyclic) bond motifs is 2. The van der Waals surface area contributed by atoms with E-state index in [1.54, 1.807) is 24.6 Å². The van der Waals surface area contributed by atoms with E-state index in [1.165, 1.54) is 5.56 Å². The van der Waals surface area contributed by atoms with Crippen LogP contribution in [0.25, 0.3) is 0 Å². The maximum absolute atomic E-state index is 12.7. The van der Waals surface area contributed by atoms with Gasteiger partial charge in [0.1, 0.15) is 17.4 Å². The van der Waals surface area contributed by atoms with Crippen molar-refractivity contribution in [1.82, 2.24) is 9.97 Å². The summed E-state index contributed by atoms with van der Waals surface area (Å²) in [6.45, 7) is 0.674. The van der Waals surface area contributed by atoms with Crippen LogP contribution in [0, 0.1) is 0 Å². The van der Waals surface area contributed by atoms with Crippen LogP contribution in [0.1, 0.15) is 11.3 Å². The number of nitrogens with one attached hydrogen (secondary N) is 1. The number of anilines is 1. The highest BCUT2D eigenvalue weighted by atomic mass is 16.2. The molecule has 0 fully saturated rings. The van der Waals surface area contributed by atoms with Crippen LogP contribution < -0.4 is 5.32 Å². The molecule has 1 aromatic carbocycles. The summed E-state index contributed by atoms with van der Waals surface area (Å²) in [5, 5.41) is 3.19. The van der Waals surface area contributed by atoms with Gasteiger partial charge in [-0.1, -0.05) is 30.3 Å². The average molecular weight is 397 g/mol. The summed E-state index contributed by atoms with van der Waals surface area (Å²) in [5.41, 5.74) is 2.62. The normalized spacial score (nSPS) is 19.4. The number of hydrogen-bond acceptors (Lipinski definition) is 7. The number of rotatable bonds is 5. The van der Waals surface area contributed by atoms with E-state index >= 15 is 0 Å². The van der Waals surface area contributed by atoms with Gasteiger partial charge in [0.15, 0.2) is 5.84 Å². The molecule has 1 atom stereocenters. The minimum atomic E-state index is -0.800. The Balaban J connectivity index is 1.34. The van der Waals surface area contributed by atoms with Gasteiger partial charge in [-0.3, -0.25) is 4.79 Å². The second kappa shape index (κ2) is 7.36. The number of amidine groups is 1. The molecular formula is C21H15N7O2. The number of allylic oxidation sites excluding steroid dienone is 1. The molecule has 1 aromatic heterocycles. The Kier molecular flexibility index (Phi) is 4.40. The molecule has 30 heavy (non-hydrogen) atoms. The molecule has 0 saturated carbocycles. The number of Topliss-reactive ketones (excluding diaryl/α,β-unsaturated/α-hetero) is 1. The summed E-state index contributed by atoms with van der Waals surface area (Å²) in [6.07, 6.45) is 5.63. The van der Waals surface area contributed by atoms with Crippen molar-refractivity contribution in [3.63, 3.8) is 0 Å². The Labute approximate surface area is 171 Å². The lowest BCUT2D eigenvalue weighted by atomic mass is 9.90. The summed E-state index contributed by atoms with van der Waals surface area (Å²) >= 11 is 0. The maximum Gasteiger partial charge on any atom is 0.368 e. The summed E-state index contributed by atoms with van der Waals surface area (Å²) in [6, 6.07) is 10.3. The van der Waals surface area contributed by atoms with Crippen LogP contribution in [-0.2, 0) is 11.2 Å². The summed E-state index contributed by atoms with van der Waals surface area (Å²) in [5.74, 6) is 0.415. The monoisotopic (exact) mass is 397 g/mol. The first-order chi connectivity index (χ1) is 14.7. The lowest BCUT2D eigenvalue weighted by Gasteiger charge is -2.21. The molecule has 0 saturated heterocycles. The summed E-state index contributed by atoms with van der Waals surface area (Å²) in [4.78, 5) is 49.0. The number of benzene rings is 1. The zero-order valence-corrected chi connectivity index (χ0v) is 15.7. The molecule has 0 bridgehead atoms. The van der Waals surface area contributed by atoms with Crippen LogP contribution in [0.5, 0.6) is 0 Å². The summed E-state index contributed by atoms with van der Waals surface area (Å²) < 4.78 is 0. The number of nitrogens with zero attached hydrogens (tertiary/aromatic N) is 6. The van der Waals surface area contributed by atoms with E-state index in [-0.39, 0.29) is 17.2 Å². The van der Waals surface area contributed by atoms with Crippen molar-refractivity contribution in [3.05, 3.63) is 65.5 Å². The van der Waals surface area contributed by atoms with E-state index in [0.717, 1.165) is 6.42 Å². The SMILES string of the molecule is O=C1N=C2C=C3C=NC(c4ccnc(NCCc5ccccc5)n4)=N[C@@H]3C(=O)C2=N1. The lowest BCUT2D eigenvalue weighted by Crippen LogP contribution is -2.39. The Morgan fingerprint density at radius 1 is 1.03 bits per heavy atom. The highest BCUT2D eigenvalue weighted by molar-refractivity contribution is 6.75. The van der Waals surface area contributed by atoms with E-state index in [2.05, 4.69) is 47.4 Å². The number of aliphatic imine (C=N–C) groups is 4. The van der Waals surface area contributed by atoms with Crippen molar-refractivity contribution in [2.75, 3.05) is 11.9 Å². The molecule has 2 aromatic rings. The van der Waals surface area contributed by atoms with E-state index in [4.69, 9.17) is 0 Å². The predicted molar refractivity (Wildman–Crippen MR) is 113 cm³/mol. The molecule has 146 valence electrons. The van der Waals surface area contributed by atoms with Crippen LogP contribution in [0.3, 0.4) is 0 Å². The van der Waals surface area contributed by atoms with Crippen molar-refractivity contribution in [1.29, 1.82) is 0 Å². The molecule has 0 spiro atoms.